The molecule has 0 aliphatic heterocycles. The number of aliphatic carboxylic acids is 1. The van der Waals surface area contributed by atoms with E-state index < -0.39 is 27.9 Å². The van der Waals surface area contributed by atoms with E-state index in [1.807, 2.05) is 0 Å². The summed E-state index contributed by atoms with van der Waals surface area (Å²) in [5.74, 6) is -2.02. The molecule has 14 heteroatoms. The first kappa shape index (κ1) is 25.7. The van der Waals surface area contributed by atoms with Gasteiger partial charge in [-0.15, -0.1) is 11.3 Å². The lowest BCUT2D eigenvalue weighted by Gasteiger charge is -2.14. The molecular formula is C21H24N6O6S2. The van der Waals surface area contributed by atoms with Gasteiger partial charge in [0.15, 0.2) is 16.6 Å². The number of nitrogens with zero attached hydrogens (tertiary/aromatic N) is 2. The van der Waals surface area contributed by atoms with Gasteiger partial charge in [-0.1, -0.05) is 35.5 Å². The molecule has 3 aromatic rings. The Morgan fingerprint density at radius 1 is 1.23 bits per heavy atom. The topological polar surface area (TPSA) is 203 Å². The minimum atomic E-state index is -4.21. The first-order valence-corrected chi connectivity index (χ1v) is 12.7. The van der Waals surface area contributed by atoms with E-state index >= 15 is 0 Å². The highest BCUT2D eigenvalue weighted by molar-refractivity contribution is 7.93. The van der Waals surface area contributed by atoms with E-state index in [0.29, 0.717) is 12.0 Å². The van der Waals surface area contributed by atoms with Crippen molar-refractivity contribution in [3.05, 3.63) is 52.4 Å². The zero-order valence-corrected chi connectivity index (χ0v) is 20.2. The SMILES string of the molecule is Cc1onc(-c2ccccc2)c1S(=O)(=O)Nc1ccsc1C(=O)N[C@@H](CCCN=C(N)N)C(=O)O. The summed E-state index contributed by atoms with van der Waals surface area (Å²) in [7, 11) is -4.21. The minimum Gasteiger partial charge on any atom is -0.480 e. The molecule has 0 saturated heterocycles. The zero-order valence-electron chi connectivity index (χ0n) is 18.6. The number of amides is 1. The van der Waals surface area contributed by atoms with Crippen molar-refractivity contribution in [3.8, 4) is 11.3 Å². The van der Waals surface area contributed by atoms with Crippen molar-refractivity contribution in [2.45, 2.75) is 30.7 Å². The van der Waals surface area contributed by atoms with Crippen molar-refractivity contribution in [1.82, 2.24) is 10.5 Å². The van der Waals surface area contributed by atoms with Gasteiger partial charge in [-0.05, 0) is 31.2 Å². The lowest BCUT2D eigenvalue weighted by Crippen LogP contribution is -2.40. The summed E-state index contributed by atoms with van der Waals surface area (Å²) >= 11 is 0.960. The van der Waals surface area contributed by atoms with Crippen LogP contribution in [-0.4, -0.2) is 49.1 Å². The van der Waals surface area contributed by atoms with Gasteiger partial charge < -0.3 is 26.4 Å². The zero-order chi connectivity index (χ0) is 25.6. The second kappa shape index (κ2) is 11.0. The Labute approximate surface area is 205 Å². The number of hydrogen-bond acceptors (Lipinski definition) is 8. The third-order valence-corrected chi connectivity index (χ3v) is 7.21. The molecule has 186 valence electrons. The molecule has 2 heterocycles. The minimum absolute atomic E-state index is 0.000540. The number of hydrogen-bond donors (Lipinski definition) is 5. The fourth-order valence-corrected chi connectivity index (χ4v) is 5.41. The molecule has 1 aromatic carbocycles. The molecule has 0 aliphatic carbocycles. The third-order valence-electron chi connectivity index (χ3n) is 4.79. The van der Waals surface area contributed by atoms with E-state index in [0.717, 1.165) is 11.3 Å². The fraction of sp³-hybridized carbons (Fsp3) is 0.238. The average molecular weight is 521 g/mol. The predicted molar refractivity (Wildman–Crippen MR) is 131 cm³/mol. The summed E-state index contributed by atoms with van der Waals surface area (Å²) in [4.78, 5) is 28.0. The number of benzene rings is 1. The molecule has 35 heavy (non-hydrogen) atoms. The van der Waals surface area contributed by atoms with Crippen molar-refractivity contribution in [3.63, 3.8) is 0 Å². The molecule has 0 spiro atoms. The molecule has 0 aliphatic rings. The molecule has 12 nitrogen and oxygen atoms in total. The Bertz CT molecular complexity index is 1330. The number of thiophene rings is 1. The number of aliphatic imine (C=N–C) groups is 1. The van der Waals surface area contributed by atoms with Gasteiger partial charge in [0.25, 0.3) is 15.9 Å². The van der Waals surface area contributed by atoms with Crippen LogP contribution in [0.2, 0.25) is 0 Å². The van der Waals surface area contributed by atoms with Crippen LogP contribution in [0.5, 0.6) is 0 Å². The van der Waals surface area contributed by atoms with Gasteiger partial charge in [0.05, 0.1) is 5.69 Å². The van der Waals surface area contributed by atoms with Crippen LogP contribution in [0.1, 0.15) is 28.3 Å². The number of rotatable bonds is 11. The lowest BCUT2D eigenvalue weighted by molar-refractivity contribution is -0.139. The number of anilines is 1. The van der Waals surface area contributed by atoms with Gasteiger partial charge in [0.2, 0.25) is 0 Å². The lowest BCUT2D eigenvalue weighted by atomic mass is 10.1. The van der Waals surface area contributed by atoms with Crippen molar-refractivity contribution in [1.29, 1.82) is 0 Å². The van der Waals surface area contributed by atoms with E-state index in [-0.39, 0.29) is 45.8 Å². The average Bonchev–Trinajstić information content (AvgIpc) is 3.42. The van der Waals surface area contributed by atoms with E-state index in [9.17, 15) is 23.1 Å². The third kappa shape index (κ3) is 6.36. The van der Waals surface area contributed by atoms with Crippen LogP contribution in [0.3, 0.4) is 0 Å². The number of carboxylic acids is 1. The number of carboxylic acid groups (broad SMARTS) is 1. The molecule has 7 N–H and O–H groups in total. The van der Waals surface area contributed by atoms with E-state index in [1.165, 1.54) is 18.4 Å². The second-order valence-electron chi connectivity index (χ2n) is 7.36. The molecular weight excluding hydrogens is 496 g/mol. The number of sulfonamides is 1. The van der Waals surface area contributed by atoms with Crippen molar-refractivity contribution in [2.75, 3.05) is 11.3 Å². The standard InChI is InChI=1S/C21H24N6O6S2/c1-12-18(16(26-33-12)13-6-3-2-4-7-13)35(31,32)27-14-9-11-34-17(14)19(28)25-15(20(29)30)8-5-10-24-21(22)23/h2-4,6-7,9,11,15,27H,5,8,10H2,1H3,(H,25,28)(H,29,30)(H4,22,23,24)/t15-/m0/s1. The molecule has 0 bridgehead atoms. The Balaban J connectivity index is 1.80. The monoisotopic (exact) mass is 520 g/mol. The van der Waals surface area contributed by atoms with Crippen LogP contribution in [0, 0.1) is 6.92 Å². The molecule has 0 saturated carbocycles. The summed E-state index contributed by atoms with van der Waals surface area (Å²) < 4.78 is 34.0. The quantitative estimate of drug-likeness (QED) is 0.142. The summed E-state index contributed by atoms with van der Waals surface area (Å²) in [6.45, 7) is 1.67. The molecule has 2 aromatic heterocycles. The summed E-state index contributed by atoms with van der Waals surface area (Å²) in [5, 5.41) is 17.3. The Kier molecular flexibility index (Phi) is 8.09. The van der Waals surface area contributed by atoms with Gasteiger partial charge in [0.1, 0.15) is 16.6 Å². The molecule has 1 atom stereocenters. The number of aromatic nitrogens is 1. The van der Waals surface area contributed by atoms with Crippen LogP contribution < -0.4 is 21.5 Å². The number of nitrogens with one attached hydrogen (secondary N) is 2. The van der Waals surface area contributed by atoms with Crippen LogP contribution in [0.4, 0.5) is 5.69 Å². The maximum absolute atomic E-state index is 13.2. The van der Waals surface area contributed by atoms with E-state index in [4.69, 9.17) is 16.0 Å². The normalized spacial score (nSPS) is 12.0. The van der Waals surface area contributed by atoms with Crippen LogP contribution in [0.15, 0.2) is 56.2 Å². The molecule has 3 rings (SSSR count). The van der Waals surface area contributed by atoms with Gasteiger partial charge in [-0.2, -0.15) is 0 Å². The van der Waals surface area contributed by atoms with Crippen LogP contribution in [-0.2, 0) is 14.8 Å². The van der Waals surface area contributed by atoms with E-state index in [2.05, 4.69) is 20.2 Å². The Morgan fingerprint density at radius 3 is 2.60 bits per heavy atom. The molecule has 0 fully saturated rings. The molecule has 0 radical (unpaired) electrons. The number of carbonyl (C=O) groups excluding carboxylic acids is 1. The summed E-state index contributed by atoms with van der Waals surface area (Å²) in [5.41, 5.74) is 11.2. The van der Waals surface area contributed by atoms with Crippen molar-refractivity contribution in [2.24, 2.45) is 16.5 Å². The number of aryl methyl sites for hydroxylation is 1. The first-order valence-electron chi connectivity index (χ1n) is 10.3. The predicted octanol–water partition coefficient (Wildman–Crippen LogP) is 1.75. The fourth-order valence-electron chi connectivity index (χ4n) is 3.21. The van der Waals surface area contributed by atoms with Crippen LogP contribution in [0.25, 0.3) is 11.3 Å². The molecule has 0 unspecified atom stereocenters. The highest BCUT2D eigenvalue weighted by Crippen LogP contribution is 2.32. The first-order chi connectivity index (χ1) is 16.6. The number of nitrogens with two attached hydrogens (primary N) is 2. The highest BCUT2D eigenvalue weighted by atomic mass is 32.2. The summed E-state index contributed by atoms with van der Waals surface area (Å²) in [6, 6.07) is 8.84. The van der Waals surface area contributed by atoms with Gasteiger partial charge in [-0.25, -0.2) is 13.2 Å². The van der Waals surface area contributed by atoms with Gasteiger partial charge in [0, 0.05) is 12.1 Å². The smallest absolute Gasteiger partial charge is 0.326 e. The largest absolute Gasteiger partial charge is 0.480 e. The van der Waals surface area contributed by atoms with Crippen LogP contribution >= 0.6 is 11.3 Å². The van der Waals surface area contributed by atoms with Gasteiger partial charge in [-0.3, -0.25) is 14.5 Å². The number of carbonyl (C=O) groups is 2. The summed E-state index contributed by atoms with van der Waals surface area (Å²) in [6.07, 6.45) is 0.388. The maximum Gasteiger partial charge on any atom is 0.326 e. The van der Waals surface area contributed by atoms with Crippen molar-refractivity contribution < 1.29 is 27.6 Å². The van der Waals surface area contributed by atoms with E-state index in [1.54, 1.807) is 30.3 Å². The second-order valence-corrected chi connectivity index (χ2v) is 9.90. The molecule has 1 amide bonds. The highest BCUT2D eigenvalue weighted by Gasteiger charge is 2.30. The maximum atomic E-state index is 13.2. The Morgan fingerprint density at radius 2 is 1.94 bits per heavy atom. The van der Waals surface area contributed by atoms with Crippen molar-refractivity contribution >= 4 is 44.9 Å². The Hall–Kier alpha value is -3.91. The van der Waals surface area contributed by atoms with Gasteiger partial charge >= 0.3 is 5.97 Å². The number of guanidine groups is 1.